The summed E-state index contributed by atoms with van der Waals surface area (Å²) in [6, 6.07) is 10.2. The van der Waals surface area contributed by atoms with Crippen molar-refractivity contribution in [3.63, 3.8) is 0 Å². The number of thiophene rings is 1. The van der Waals surface area contributed by atoms with Crippen LogP contribution in [0.1, 0.15) is 38.1 Å². The summed E-state index contributed by atoms with van der Waals surface area (Å²) in [6.07, 6.45) is -0.112. The molecule has 0 radical (unpaired) electrons. The molecule has 1 aromatic heterocycles. The fourth-order valence-electron chi connectivity index (χ4n) is 2.88. The quantitative estimate of drug-likeness (QED) is 0.572. The molecule has 0 saturated carbocycles. The van der Waals surface area contributed by atoms with Crippen LogP contribution in [0.4, 0.5) is 0 Å². The third kappa shape index (κ3) is 7.89. The molecular weight excluding hydrogens is 402 g/mol. The molecule has 0 aliphatic rings. The lowest BCUT2D eigenvalue weighted by Gasteiger charge is -2.19. The molecule has 1 N–H and O–H groups in total. The van der Waals surface area contributed by atoms with Crippen LogP contribution in [0.3, 0.4) is 0 Å². The van der Waals surface area contributed by atoms with Gasteiger partial charge < -0.3 is 19.5 Å². The maximum atomic E-state index is 11.8. The predicted molar refractivity (Wildman–Crippen MR) is 118 cm³/mol. The van der Waals surface area contributed by atoms with Gasteiger partial charge in [0.15, 0.2) is 6.10 Å². The van der Waals surface area contributed by atoms with E-state index in [9.17, 15) is 9.59 Å². The maximum Gasteiger partial charge on any atom is 0.335 e. The van der Waals surface area contributed by atoms with Crippen molar-refractivity contribution in [2.45, 2.75) is 52.4 Å². The van der Waals surface area contributed by atoms with Gasteiger partial charge in [-0.2, -0.15) is 0 Å². The van der Waals surface area contributed by atoms with Gasteiger partial charge in [-0.1, -0.05) is 24.3 Å². The zero-order chi connectivity index (χ0) is 22.1. The van der Waals surface area contributed by atoms with Gasteiger partial charge in [-0.05, 0) is 55.8 Å². The van der Waals surface area contributed by atoms with Crippen molar-refractivity contribution in [3.8, 4) is 11.1 Å². The van der Waals surface area contributed by atoms with E-state index >= 15 is 0 Å². The first kappa shape index (κ1) is 24.1. The average molecular weight is 434 g/mol. The van der Waals surface area contributed by atoms with Crippen LogP contribution >= 0.6 is 11.3 Å². The molecule has 0 unspecified atom stereocenters. The number of ether oxygens (including phenoxy) is 3. The minimum Gasteiger partial charge on any atom is -0.467 e. The molecule has 1 aromatic carbocycles. The number of esters is 2. The van der Waals surface area contributed by atoms with Gasteiger partial charge in [0.2, 0.25) is 0 Å². The fourth-order valence-corrected chi connectivity index (χ4v) is 3.74. The van der Waals surface area contributed by atoms with Gasteiger partial charge >= 0.3 is 11.9 Å². The number of carbonyl (C=O) groups is 2. The van der Waals surface area contributed by atoms with Crippen LogP contribution in [0, 0.1) is 0 Å². The Kier molecular flexibility index (Phi) is 9.02. The molecule has 0 spiro atoms. The summed E-state index contributed by atoms with van der Waals surface area (Å²) in [5.74, 6) is -0.616. The largest absolute Gasteiger partial charge is 0.467 e. The van der Waals surface area contributed by atoms with Gasteiger partial charge in [0.1, 0.15) is 5.60 Å². The molecule has 2 aromatic rings. The van der Waals surface area contributed by atoms with E-state index in [1.165, 1.54) is 7.11 Å². The summed E-state index contributed by atoms with van der Waals surface area (Å²) in [6.45, 7) is 8.67. The van der Waals surface area contributed by atoms with E-state index in [4.69, 9.17) is 14.2 Å². The molecule has 6 nitrogen and oxygen atoms in total. The molecule has 164 valence electrons. The first-order valence-corrected chi connectivity index (χ1v) is 10.9. The van der Waals surface area contributed by atoms with Crippen LogP contribution < -0.4 is 5.32 Å². The molecular formula is C23H31NO5S. The predicted octanol–water partition coefficient (Wildman–Crippen LogP) is 3.97. The smallest absolute Gasteiger partial charge is 0.335 e. The molecule has 1 atom stereocenters. The number of benzene rings is 1. The Hall–Kier alpha value is -2.22. The Bertz CT molecular complexity index is 823. The highest BCUT2D eigenvalue weighted by Gasteiger charge is 2.20. The zero-order valence-corrected chi connectivity index (χ0v) is 19.1. The van der Waals surface area contributed by atoms with Gasteiger partial charge in [0.05, 0.1) is 13.7 Å². The third-order valence-electron chi connectivity index (χ3n) is 4.18. The highest BCUT2D eigenvalue weighted by atomic mass is 32.1. The SMILES string of the molecule is CCO[C@@H](Cc1ccc(-c2csc(CNCC(=O)OC(C)(C)C)c2)cc1)C(=O)OC. The number of hydrogen-bond donors (Lipinski definition) is 1. The lowest BCUT2D eigenvalue weighted by atomic mass is 10.0. The molecule has 1 heterocycles. The van der Waals surface area contributed by atoms with Crippen LogP contribution in [0.15, 0.2) is 35.7 Å². The van der Waals surface area contributed by atoms with E-state index < -0.39 is 11.7 Å². The van der Waals surface area contributed by atoms with E-state index in [0.717, 1.165) is 21.6 Å². The van der Waals surface area contributed by atoms with Gasteiger partial charge in [-0.15, -0.1) is 11.3 Å². The van der Waals surface area contributed by atoms with Crippen molar-refractivity contribution in [1.29, 1.82) is 0 Å². The summed E-state index contributed by atoms with van der Waals surface area (Å²) >= 11 is 1.64. The number of nitrogens with one attached hydrogen (secondary N) is 1. The normalized spacial score (nSPS) is 12.4. The van der Waals surface area contributed by atoms with Crippen LogP contribution in [0.25, 0.3) is 11.1 Å². The first-order chi connectivity index (χ1) is 14.2. The first-order valence-electron chi connectivity index (χ1n) is 10.0. The fraction of sp³-hybridized carbons (Fsp3) is 0.478. The summed E-state index contributed by atoms with van der Waals surface area (Å²) in [7, 11) is 1.37. The van der Waals surface area contributed by atoms with E-state index in [-0.39, 0.29) is 18.5 Å². The number of carbonyl (C=O) groups excluding carboxylic acids is 2. The van der Waals surface area contributed by atoms with Crippen LogP contribution in [-0.2, 0) is 36.8 Å². The Balaban J connectivity index is 1.91. The summed E-state index contributed by atoms with van der Waals surface area (Å²) < 4.78 is 15.6. The zero-order valence-electron chi connectivity index (χ0n) is 18.3. The number of rotatable bonds is 10. The molecule has 2 rings (SSSR count). The van der Waals surface area contributed by atoms with E-state index in [1.54, 1.807) is 11.3 Å². The molecule has 0 aliphatic heterocycles. The van der Waals surface area contributed by atoms with Crippen LogP contribution in [0.2, 0.25) is 0 Å². The van der Waals surface area contributed by atoms with Crippen molar-refractivity contribution in [1.82, 2.24) is 5.32 Å². The Morgan fingerprint density at radius 2 is 1.83 bits per heavy atom. The summed E-state index contributed by atoms with van der Waals surface area (Å²) in [4.78, 5) is 24.7. The Morgan fingerprint density at radius 1 is 1.13 bits per heavy atom. The Morgan fingerprint density at radius 3 is 2.43 bits per heavy atom. The van der Waals surface area contributed by atoms with Crippen LogP contribution in [-0.4, -0.2) is 43.9 Å². The van der Waals surface area contributed by atoms with Gasteiger partial charge in [-0.3, -0.25) is 4.79 Å². The topological polar surface area (TPSA) is 73.9 Å². The lowest BCUT2D eigenvalue weighted by molar-refractivity contribution is -0.154. The molecule has 0 fully saturated rings. The molecule has 0 aliphatic carbocycles. The monoisotopic (exact) mass is 433 g/mol. The number of hydrogen-bond acceptors (Lipinski definition) is 7. The van der Waals surface area contributed by atoms with Gasteiger partial charge in [0.25, 0.3) is 0 Å². The van der Waals surface area contributed by atoms with E-state index in [1.807, 2.05) is 52.0 Å². The molecule has 0 bridgehead atoms. The molecule has 0 amide bonds. The van der Waals surface area contributed by atoms with E-state index in [2.05, 4.69) is 16.8 Å². The number of methoxy groups -OCH3 is 1. The standard InChI is InChI=1S/C23H31NO5S/c1-6-28-20(22(26)27-5)11-16-7-9-17(10-8-16)18-12-19(30-15-18)13-24-14-21(25)29-23(2,3)4/h7-10,12,15,20,24H,6,11,13-14H2,1-5H3/t20-/m0/s1. The van der Waals surface area contributed by atoms with Crippen molar-refractivity contribution in [2.75, 3.05) is 20.3 Å². The minimum absolute atomic E-state index is 0.181. The van der Waals surface area contributed by atoms with E-state index in [0.29, 0.717) is 19.6 Å². The van der Waals surface area contributed by atoms with Crippen LogP contribution in [0.5, 0.6) is 0 Å². The van der Waals surface area contributed by atoms with Crippen molar-refractivity contribution in [2.24, 2.45) is 0 Å². The minimum atomic E-state index is -0.588. The van der Waals surface area contributed by atoms with Crippen molar-refractivity contribution >= 4 is 23.3 Å². The van der Waals surface area contributed by atoms with Gasteiger partial charge in [-0.25, -0.2) is 4.79 Å². The highest BCUT2D eigenvalue weighted by molar-refractivity contribution is 7.10. The van der Waals surface area contributed by atoms with Crippen molar-refractivity contribution < 1.29 is 23.8 Å². The molecule has 30 heavy (non-hydrogen) atoms. The molecule has 0 saturated heterocycles. The summed E-state index contributed by atoms with van der Waals surface area (Å²) in [5.41, 5.74) is 2.76. The highest BCUT2D eigenvalue weighted by Crippen LogP contribution is 2.26. The second kappa shape index (κ2) is 11.2. The van der Waals surface area contributed by atoms with Gasteiger partial charge in [0, 0.05) is 24.4 Å². The lowest BCUT2D eigenvalue weighted by Crippen LogP contribution is -2.31. The maximum absolute atomic E-state index is 11.8. The average Bonchev–Trinajstić information content (AvgIpc) is 3.15. The van der Waals surface area contributed by atoms with Crippen molar-refractivity contribution in [3.05, 3.63) is 46.2 Å². The second-order valence-electron chi connectivity index (χ2n) is 7.86. The molecule has 7 heteroatoms. The summed E-state index contributed by atoms with van der Waals surface area (Å²) in [5, 5.41) is 5.22. The third-order valence-corrected chi connectivity index (χ3v) is 5.12. The Labute approximate surface area is 182 Å². The second-order valence-corrected chi connectivity index (χ2v) is 8.86.